The van der Waals surface area contributed by atoms with Gasteiger partial charge in [0.15, 0.2) is 0 Å². The molecule has 0 aliphatic heterocycles. The highest BCUT2D eigenvalue weighted by Crippen LogP contribution is 2.24. The Morgan fingerprint density at radius 2 is 1.87 bits per heavy atom. The van der Waals surface area contributed by atoms with Gasteiger partial charge >= 0.3 is 0 Å². The van der Waals surface area contributed by atoms with Crippen molar-refractivity contribution in [1.82, 2.24) is 10.6 Å². The summed E-state index contributed by atoms with van der Waals surface area (Å²) in [6.07, 6.45) is 6.82. The maximum Gasteiger partial charge on any atom is 0.00696 e. The summed E-state index contributed by atoms with van der Waals surface area (Å²) in [5, 5.41) is 7.13. The van der Waals surface area contributed by atoms with Gasteiger partial charge in [-0.25, -0.2) is 0 Å². The lowest BCUT2D eigenvalue weighted by Gasteiger charge is -2.12. The summed E-state index contributed by atoms with van der Waals surface area (Å²) < 4.78 is 0. The van der Waals surface area contributed by atoms with Crippen LogP contribution in [0.3, 0.4) is 0 Å². The summed E-state index contributed by atoms with van der Waals surface area (Å²) in [6.45, 7) is 9.15. The molecule has 0 spiro atoms. The summed E-state index contributed by atoms with van der Waals surface area (Å²) in [6, 6.07) is 1.45. The Morgan fingerprint density at radius 1 is 1.13 bits per heavy atom. The number of nitrogens with one attached hydrogen (secondary N) is 2. The minimum absolute atomic E-state index is 0.633. The van der Waals surface area contributed by atoms with Gasteiger partial charge in [0.2, 0.25) is 0 Å². The fourth-order valence-corrected chi connectivity index (χ4v) is 2.34. The van der Waals surface area contributed by atoms with Gasteiger partial charge < -0.3 is 10.6 Å². The summed E-state index contributed by atoms with van der Waals surface area (Å²) in [7, 11) is 0. The predicted molar refractivity (Wildman–Crippen MR) is 67.2 cm³/mol. The smallest absolute Gasteiger partial charge is 0.00696 e. The minimum Gasteiger partial charge on any atom is -0.315 e. The molecule has 2 N–H and O–H groups in total. The van der Waals surface area contributed by atoms with Crippen LogP contribution in [0.2, 0.25) is 0 Å². The Bertz CT molecular complexity index is 157. The van der Waals surface area contributed by atoms with E-state index in [-0.39, 0.29) is 0 Å². The standard InChI is InChI=1S/C13H28N2/c1-11(2)14-8-4-5-9-15-13-7-6-12(3)10-13/h11-15H,4-10H2,1-3H3. The first-order valence-corrected chi connectivity index (χ1v) is 6.65. The topological polar surface area (TPSA) is 24.1 Å². The Kier molecular flexibility index (Phi) is 6.26. The second-order valence-corrected chi connectivity index (χ2v) is 5.39. The van der Waals surface area contributed by atoms with Crippen LogP contribution in [-0.4, -0.2) is 25.2 Å². The van der Waals surface area contributed by atoms with Gasteiger partial charge in [-0.15, -0.1) is 0 Å². The van der Waals surface area contributed by atoms with Crippen LogP contribution in [0.1, 0.15) is 52.9 Å². The molecule has 1 rings (SSSR count). The Hall–Kier alpha value is -0.0800. The Morgan fingerprint density at radius 3 is 2.47 bits per heavy atom. The van der Waals surface area contributed by atoms with E-state index in [1.807, 2.05) is 0 Å². The molecule has 1 aliphatic carbocycles. The van der Waals surface area contributed by atoms with Crippen LogP contribution >= 0.6 is 0 Å². The van der Waals surface area contributed by atoms with Gasteiger partial charge in [-0.1, -0.05) is 20.8 Å². The van der Waals surface area contributed by atoms with Gasteiger partial charge in [0, 0.05) is 12.1 Å². The van der Waals surface area contributed by atoms with E-state index in [0.717, 1.165) is 12.0 Å². The molecular formula is C13H28N2. The molecule has 0 aromatic carbocycles. The lowest BCUT2D eigenvalue weighted by Crippen LogP contribution is -2.28. The molecule has 2 unspecified atom stereocenters. The maximum atomic E-state index is 3.67. The van der Waals surface area contributed by atoms with Crippen LogP contribution in [0, 0.1) is 5.92 Å². The van der Waals surface area contributed by atoms with Crippen molar-refractivity contribution in [2.45, 2.75) is 65.0 Å². The zero-order chi connectivity index (χ0) is 11.1. The maximum absolute atomic E-state index is 3.67. The fraction of sp³-hybridized carbons (Fsp3) is 1.00. The third kappa shape index (κ3) is 6.16. The Labute approximate surface area is 95.2 Å². The van der Waals surface area contributed by atoms with Crippen LogP contribution in [-0.2, 0) is 0 Å². The zero-order valence-corrected chi connectivity index (χ0v) is 10.7. The molecule has 0 saturated heterocycles. The highest BCUT2D eigenvalue weighted by Gasteiger charge is 2.19. The monoisotopic (exact) mass is 212 g/mol. The molecule has 0 aromatic rings. The molecule has 1 fully saturated rings. The third-order valence-corrected chi connectivity index (χ3v) is 3.28. The van der Waals surface area contributed by atoms with Gasteiger partial charge in [0.1, 0.15) is 0 Å². The Balaban J connectivity index is 1.85. The van der Waals surface area contributed by atoms with Crippen LogP contribution in [0.4, 0.5) is 0 Å². The minimum atomic E-state index is 0.633. The van der Waals surface area contributed by atoms with Crippen LogP contribution in [0.25, 0.3) is 0 Å². The summed E-state index contributed by atoms with van der Waals surface area (Å²) in [5.74, 6) is 0.949. The zero-order valence-electron chi connectivity index (χ0n) is 10.7. The molecular weight excluding hydrogens is 184 g/mol. The highest BCUT2D eigenvalue weighted by atomic mass is 14.9. The molecule has 2 atom stereocenters. The number of hydrogen-bond donors (Lipinski definition) is 2. The van der Waals surface area contributed by atoms with E-state index < -0.39 is 0 Å². The number of unbranched alkanes of at least 4 members (excludes halogenated alkanes) is 1. The van der Waals surface area contributed by atoms with Crippen LogP contribution < -0.4 is 10.6 Å². The SMILES string of the molecule is CC1CCC(NCCCCNC(C)C)C1. The molecule has 1 saturated carbocycles. The van der Waals surface area contributed by atoms with Crippen molar-refractivity contribution in [2.75, 3.05) is 13.1 Å². The van der Waals surface area contributed by atoms with Crippen LogP contribution in [0.15, 0.2) is 0 Å². The molecule has 0 radical (unpaired) electrons. The van der Waals surface area contributed by atoms with E-state index in [2.05, 4.69) is 31.4 Å². The number of hydrogen-bond acceptors (Lipinski definition) is 2. The molecule has 0 aromatic heterocycles. The van der Waals surface area contributed by atoms with Crippen molar-refractivity contribution in [3.05, 3.63) is 0 Å². The summed E-state index contributed by atoms with van der Waals surface area (Å²) >= 11 is 0. The summed E-state index contributed by atoms with van der Waals surface area (Å²) in [4.78, 5) is 0. The largest absolute Gasteiger partial charge is 0.315 e. The molecule has 2 heteroatoms. The van der Waals surface area contributed by atoms with E-state index in [1.54, 1.807) is 0 Å². The van der Waals surface area contributed by atoms with Gasteiger partial charge in [-0.3, -0.25) is 0 Å². The van der Waals surface area contributed by atoms with E-state index in [4.69, 9.17) is 0 Å². The van der Waals surface area contributed by atoms with E-state index >= 15 is 0 Å². The lowest BCUT2D eigenvalue weighted by molar-refractivity contribution is 0.480. The van der Waals surface area contributed by atoms with E-state index in [0.29, 0.717) is 6.04 Å². The van der Waals surface area contributed by atoms with Gasteiger partial charge in [-0.2, -0.15) is 0 Å². The molecule has 2 nitrogen and oxygen atoms in total. The van der Waals surface area contributed by atoms with Crippen molar-refractivity contribution >= 4 is 0 Å². The third-order valence-electron chi connectivity index (χ3n) is 3.28. The van der Waals surface area contributed by atoms with Crippen molar-refractivity contribution in [2.24, 2.45) is 5.92 Å². The van der Waals surface area contributed by atoms with Crippen molar-refractivity contribution < 1.29 is 0 Å². The molecule has 1 aliphatic rings. The normalized spacial score (nSPS) is 26.4. The van der Waals surface area contributed by atoms with E-state index in [9.17, 15) is 0 Å². The average molecular weight is 212 g/mol. The van der Waals surface area contributed by atoms with Crippen LogP contribution in [0.5, 0.6) is 0 Å². The second-order valence-electron chi connectivity index (χ2n) is 5.39. The van der Waals surface area contributed by atoms with Crippen molar-refractivity contribution in [1.29, 1.82) is 0 Å². The average Bonchev–Trinajstić information content (AvgIpc) is 2.57. The first kappa shape index (κ1) is 13.0. The molecule has 0 heterocycles. The number of rotatable bonds is 7. The van der Waals surface area contributed by atoms with Crippen molar-refractivity contribution in [3.63, 3.8) is 0 Å². The van der Waals surface area contributed by atoms with Gasteiger partial charge in [0.05, 0.1) is 0 Å². The lowest BCUT2D eigenvalue weighted by atomic mass is 10.1. The van der Waals surface area contributed by atoms with E-state index in [1.165, 1.54) is 45.2 Å². The fourth-order valence-electron chi connectivity index (χ4n) is 2.34. The summed E-state index contributed by atoms with van der Waals surface area (Å²) in [5.41, 5.74) is 0. The molecule has 0 amide bonds. The quantitative estimate of drug-likeness (QED) is 0.634. The van der Waals surface area contributed by atoms with Crippen molar-refractivity contribution in [3.8, 4) is 0 Å². The molecule has 90 valence electrons. The van der Waals surface area contributed by atoms with Gasteiger partial charge in [0.25, 0.3) is 0 Å². The highest BCUT2D eigenvalue weighted by molar-refractivity contribution is 4.77. The van der Waals surface area contributed by atoms with Gasteiger partial charge in [-0.05, 0) is 51.1 Å². The first-order valence-electron chi connectivity index (χ1n) is 6.65. The molecule has 0 bridgehead atoms. The second kappa shape index (κ2) is 7.24. The molecule has 15 heavy (non-hydrogen) atoms. The first-order chi connectivity index (χ1) is 7.18. The predicted octanol–water partition coefficient (Wildman–Crippen LogP) is 2.54.